The summed E-state index contributed by atoms with van der Waals surface area (Å²) in [6, 6.07) is 1.73. The topological polar surface area (TPSA) is 126 Å². The number of nitrogens with zero attached hydrogens (tertiary/aromatic N) is 2. The van der Waals surface area contributed by atoms with Crippen LogP contribution in [0.25, 0.3) is 0 Å². The Hall–Kier alpha value is -2.95. The fraction of sp³-hybridized carbons (Fsp3) is 0.562. The smallest absolute Gasteiger partial charge is 0.463 e. The van der Waals surface area contributed by atoms with Crippen molar-refractivity contribution in [2.75, 3.05) is 18.5 Å². The van der Waals surface area contributed by atoms with Crippen LogP contribution in [0.15, 0.2) is 12.3 Å². The zero-order valence-electron chi connectivity index (χ0n) is 15.0. The zero-order chi connectivity index (χ0) is 19.6. The van der Waals surface area contributed by atoms with Gasteiger partial charge in [-0.15, -0.1) is 0 Å². The highest BCUT2D eigenvalue weighted by Crippen LogP contribution is 2.36. The maximum atomic E-state index is 11.5. The number of nitrogens with one attached hydrogen (secondary N) is 1. The maximum Gasteiger partial charge on any atom is 0.503 e. The number of esters is 2. The molecule has 0 radical (unpaired) electrons. The van der Waals surface area contributed by atoms with E-state index in [1.54, 1.807) is 23.8 Å². The normalized spacial score (nSPS) is 25.0. The standard InChI is InChI=1S/C16H19N3O8/c1-4-23-16(22)18-11-5-6-19-14-13(27-15(19)17-11)12(25-9(3)21)10(26-14)7-24-8(2)20/h5-6,10,12-14H,4,7H2,1-3H3/p+1/t10-,12-,13+,14-/m1/s1. The third kappa shape index (κ3) is 4.08. The Morgan fingerprint density at radius 3 is 2.70 bits per heavy atom. The Morgan fingerprint density at radius 2 is 2.04 bits per heavy atom. The van der Waals surface area contributed by atoms with Crippen LogP contribution >= 0.6 is 0 Å². The molecule has 0 unspecified atom stereocenters. The molecule has 27 heavy (non-hydrogen) atoms. The van der Waals surface area contributed by atoms with E-state index in [1.807, 2.05) is 0 Å². The van der Waals surface area contributed by atoms with Crippen LogP contribution in [0.3, 0.4) is 0 Å². The lowest BCUT2D eigenvalue weighted by molar-refractivity contribution is -0.746. The van der Waals surface area contributed by atoms with Crippen LogP contribution < -0.4 is 14.6 Å². The van der Waals surface area contributed by atoms with Crippen molar-refractivity contribution in [2.45, 2.75) is 45.3 Å². The lowest BCUT2D eigenvalue weighted by Crippen LogP contribution is -2.41. The first-order valence-electron chi connectivity index (χ1n) is 8.37. The minimum atomic E-state index is -0.782. The second-order valence-corrected chi connectivity index (χ2v) is 5.87. The molecule has 2 aliphatic rings. The molecule has 4 atom stereocenters. The van der Waals surface area contributed by atoms with E-state index in [2.05, 4.69) is 10.3 Å². The predicted molar refractivity (Wildman–Crippen MR) is 85.6 cm³/mol. The van der Waals surface area contributed by atoms with Crippen LogP contribution in [-0.2, 0) is 28.5 Å². The van der Waals surface area contributed by atoms with E-state index >= 15 is 0 Å². The highest BCUT2D eigenvalue weighted by atomic mass is 16.7. The molecule has 1 amide bonds. The molecule has 1 aromatic heterocycles. The lowest BCUT2D eigenvalue weighted by Gasteiger charge is -2.19. The van der Waals surface area contributed by atoms with Crippen molar-refractivity contribution in [2.24, 2.45) is 0 Å². The highest BCUT2D eigenvalue weighted by molar-refractivity contribution is 5.83. The van der Waals surface area contributed by atoms with Crippen molar-refractivity contribution < 1.29 is 42.6 Å². The number of ether oxygens (including phenoxy) is 5. The maximum absolute atomic E-state index is 11.5. The number of hydrogen-bond acceptors (Lipinski definition) is 9. The summed E-state index contributed by atoms with van der Waals surface area (Å²) in [4.78, 5) is 38.2. The molecule has 1 N–H and O–H groups in total. The SMILES string of the molecule is CCOC(=O)Nc1cc[n+]2c(n1)O[C@H]1[C@H](OC(C)=O)[C@@H](COC(C)=O)O[C@H]12. The number of carbonyl (C=O) groups is 3. The average molecular weight is 382 g/mol. The highest BCUT2D eigenvalue weighted by Gasteiger charge is 2.58. The summed E-state index contributed by atoms with van der Waals surface area (Å²) in [5.41, 5.74) is 0. The van der Waals surface area contributed by atoms with E-state index in [0.29, 0.717) is 0 Å². The molecule has 11 heteroatoms. The van der Waals surface area contributed by atoms with Crippen LogP contribution in [0, 0.1) is 0 Å². The molecular formula is C16H20N3O8+. The summed E-state index contributed by atoms with van der Waals surface area (Å²) in [6.45, 7) is 4.39. The second-order valence-electron chi connectivity index (χ2n) is 5.87. The first kappa shape index (κ1) is 18.8. The molecule has 3 rings (SSSR count). The van der Waals surface area contributed by atoms with Crippen molar-refractivity contribution in [3.8, 4) is 6.01 Å². The Labute approximate surface area is 154 Å². The van der Waals surface area contributed by atoms with Crippen LogP contribution in [0.1, 0.15) is 27.0 Å². The molecule has 1 saturated heterocycles. The zero-order valence-corrected chi connectivity index (χ0v) is 15.0. The number of anilines is 1. The van der Waals surface area contributed by atoms with Crippen LogP contribution in [0.5, 0.6) is 6.01 Å². The van der Waals surface area contributed by atoms with E-state index in [9.17, 15) is 14.4 Å². The molecule has 0 saturated carbocycles. The summed E-state index contributed by atoms with van der Waals surface area (Å²) < 4.78 is 28.3. The molecule has 1 fully saturated rings. The molecule has 2 aliphatic heterocycles. The van der Waals surface area contributed by atoms with Gasteiger partial charge in [0, 0.05) is 24.9 Å². The third-order valence-corrected chi connectivity index (χ3v) is 3.89. The Morgan fingerprint density at radius 1 is 1.26 bits per heavy atom. The van der Waals surface area contributed by atoms with E-state index in [4.69, 9.17) is 23.7 Å². The quantitative estimate of drug-likeness (QED) is 0.428. The monoisotopic (exact) mass is 382 g/mol. The molecular weight excluding hydrogens is 362 g/mol. The molecule has 0 bridgehead atoms. The van der Waals surface area contributed by atoms with Crippen LogP contribution in [0.2, 0.25) is 0 Å². The van der Waals surface area contributed by atoms with Gasteiger partial charge in [0.1, 0.15) is 18.9 Å². The molecule has 0 aromatic carbocycles. The second kappa shape index (κ2) is 7.74. The van der Waals surface area contributed by atoms with E-state index in [0.717, 1.165) is 0 Å². The number of aromatic nitrogens is 2. The molecule has 146 valence electrons. The van der Waals surface area contributed by atoms with Gasteiger partial charge >= 0.3 is 24.0 Å². The largest absolute Gasteiger partial charge is 0.503 e. The lowest BCUT2D eigenvalue weighted by atomic mass is 10.1. The summed E-state index contributed by atoms with van der Waals surface area (Å²) in [5.74, 6) is -0.748. The first-order chi connectivity index (χ1) is 12.9. The number of amides is 1. The van der Waals surface area contributed by atoms with E-state index < -0.39 is 42.6 Å². The van der Waals surface area contributed by atoms with Gasteiger partial charge in [-0.1, -0.05) is 0 Å². The Balaban J connectivity index is 1.76. The van der Waals surface area contributed by atoms with Crippen molar-refractivity contribution in [3.05, 3.63) is 12.3 Å². The molecule has 3 heterocycles. The van der Waals surface area contributed by atoms with E-state index in [-0.39, 0.29) is 25.0 Å². The van der Waals surface area contributed by atoms with Gasteiger partial charge in [-0.25, -0.2) is 4.79 Å². The van der Waals surface area contributed by atoms with Gasteiger partial charge in [-0.05, 0) is 6.92 Å². The van der Waals surface area contributed by atoms with Gasteiger partial charge in [-0.2, -0.15) is 4.57 Å². The van der Waals surface area contributed by atoms with E-state index in [1.165, 1.54) is 13.8 Å². The minimum absolute atomic E-state index is 0.0739. The van der Waals surface area contributed by atoms with Crippen LogP contribution in [-0.4, -0.2) is 54.5 Å². The predicted octanol–water partition coefficient (Wildman–Crippen LogP) is 0.0907. The van der Waals surface area contributed by atoms with Gasteiger partial charge in [0.2, 0.25) is 12.3 Å². The van der Waals surface area contributed by atoms with Crippen molar-refractivity contribution >= 4 is 23.8 Å². The number of hydrogen-bond donors (Lipinski definition) is 1. The minimum Gasteiger partial charge on any atom is -0.463 e. The summed E-state index contributed by atoms with van der Waals surface area (Å²) in [7, 11) is 0. The fourth-order valence-corrected chi connectivity index (χ4v) is 2.88. The van der Waals surface area contributed by atoms with Gasteiger partial charge in [0.25, 0.3) is 5.82 Å². The average Bonchev–Trinajstić information content (AvgIpc) is 3.09. The number of carbonyl (C=O) groups excluding carboxylic acids is 3. The van der Waals surface area contributed by atoms with Crippen molar-refractivity contribution in [1.29, 1.82) is 0 Å². The first-order valence-corrected chi connectivity index (χ1v) is 8.37. The van der Waals surface area contributed by atoms with Crippen LogP contribution in [0.4, 0.5) is 10.6 Å². The third-order valence-electron chi connectivity index (χ3n) is 3.89. The molecule has 0 spiro atoms. The van der Waals surface area contributed by atoms with Gasteiger partial charge in [-0.3, -0.25) is 14.9 Å². The fourth-order valence-electron chi connectivity index (χ4n) is 2.88. The Bertz CT molecular complexity index is 755. The van der Waals surface area contributed by atoms with Crippen molar-refractivity contribution in [3.63, 3.8) is 0 Å². The van der Waals surface area contributed by atoms with Gasteiger partial charge in [0.15, 0.2) is 6.10 Å². The summed E-state index contributed by atoms with van der Waals surface area (Å²) in [5, 5.41) is 2.47. The molecule has 1 aromatic rings. The van der Waals surface area contributed by atoms with Gasteiger partial charge < -0.3 is 23.7 Å². The summed E-state index contributed by atoms with van der Waals surface area (Å²) >= 11 is 0. The number of fused-ring (bicyclic) bond motifs is 3. The molecule has 0 aliphatic carbocycles. The number of rotatable bonds is 5. The molecule has 11 nitrogen and oxygen atoms in total. The summed E-state index contributed by atoms with van der Waals surface area (Å²) in [6.07, 6.45) is -1.76. The Kier molecular flexibility index (Phi) is 5.40. The van der Waals surface area contributed by atoms with Gasteiger partial charge in [0.05, 0.1) is 6.61 Å². The van der Waals surface area contributed by atoms with Crippen molar-refractivity contribution in [1.82, 2.24) is 4.98 Å².